The first-order valence-corrected chi connectivity index (χ1v) is 8.41. The molecule has 3 aromatic rings. The normalized spacial score (nSPS) is 10.1. The number of para-hydroxylation sites is 1. The number of fused-ring (bicyclic) bond motifs is 1. The molecule has 25 heavy (non-hydrogen) atoms. The van der Waals surface area contributed by atoms with Crippen molar-refractivity contribution in [1.82, 2.24) is 10.3 Å². The van der Waals surface area contributed by atoms with Gasteiger partial charge in [-0.05, 0) is 63.8 Å². The monoisotopic (exact) mass is 338 g/mol. The Labute approximate surface area is 149 Å². The lowest BCUT2D eigenvalue weighted by Gasteiger charge is -2.10. The highest BCUT2D eigenvalue weighted by atomic mass is 16.5. The highest BCUT2D eigenvalue weighted by Gasteiger charge is 2.03. The van der Waals surface area contributed by atoms with Crippen LogP contribution < -0.4 is 14.8 Å². The van der Waals surface area contributed by atoms with Crippen LogP contribution >= 0.6 is 0 Å². The molecular formula is C21H26N2O2. The summed E-state index contributed by atoms with van der Waals surface area (Å²) in [4.78, 5) is 4.56. The maximum absolute atomic E-state index is 5.75. The van der Waals surface area contributed by atoms with Gasteiger partial charge in [0.2, 0.25) is 0 Å². The van der Waals surface area contributed by atoms with E-state index in [4.69, 9.17) is 9.47 Å². The Kier molecular flexibility index (Phi) is 7.23. The summed E-state index contributed by atoms with van der Waals surface area (Å²) >= 11 is 0. The number of nitrogens with one attached hydrogen (secondary N) is 1. The second-order valence-corrected chi connectivity index (χ2v) is 5.77. The summed E-state index contributed by atoms with van der Waals surface area (Å²) in [7, 11) is 3.75. The molecule has 0 atom stereocenters. The van der Waals surface area contributed by atoms with Gasteiger partial charge < -0.3 is 14.8 Å². The first kappa shape index (κ1) is 18.7. The first-order valence-electron chi connectivity index (χ1n) is 8.41. The zero-order valence-corrected chi connectivity index (χ0v) is 15.4. The van der Waals surface area contributed by atoms with Crippen LogP contribution in [0.5, 0.6) is 11.5 Å². The number of hydrogen-bond donors (Lipinski definition) is 1. The number of benzene rings is 2. The standard InChI is InChI=1S/C19H19NO2.C2H7N/c1-14-12-15(2)20-19-13-17(8-9-18(14)19)22-11-10-21-16-6-4-3-5-7-16;1-3-2/h3-9,12-13H,10-11H2,1-2H3;3H,1-2H3. The third kappa shape index (κ3) is 5.76. The van der Waals surface area contributed by atoms with Crippen molar-refractivity contribution in [2.75, 3.05) is 27.3 Å². The molecule has 0 aliphatic heterocycles. The van der Waals surface area contributed by atoms with Crippen molar-refractivity contribution in [2.45, 2.75) is 13.8 Å². The maximum atomic E-state index is 5.75. The van der Waals surface area contributed by atoms with Gasteiger partial charge in [-0.15, -0.1) is 0 Å². The molecule has 132 valence electrons. The van der Waals surface area contributed by atoms with E-state index in [0.717, 1.165) is 22.7 Å². The number of hydrogen-bond acceptors (Lipinski definition) is 4. The molecule has 0 unspecified atom stereocenters. The quantitative estimate of drug-likeness (QED) is 0.710. The van der Waals surface area contributed by atoms with E-state index in [9.17, 15) is 0 Å². The number of aryl methyl sites for hydroxylation is 2. The van der Waals surface area contributed by atoms with Gasteiger partial charge in [0.25, 0.3) is 0 Å². The van der Waals surface area contributed by atoms with Crippen LogP contribution in [0, 0.1) is 13.8 Å². The molecule has 0 amide bonds. The van der Waals surface area contributed by atoms with Crippen LogP contribution in [0.3, 0.4) is 0 Å². The van der Waals surface area contributed by atoms with Crippen LogP contribution in [0.25, 0.3) is 10.9 Å². The summed E-state index contributed by atoms with van der Waals surface area (Å²) in [6.45, 7) is 5.13. The summed E-state index contributed by atoms with van der Waals surface area (Å²) in [5, 5.41) is 3.92. The Morgan fingerprint density at radius 3 is 2.16 bits per heavy atom. The van der Waals surface area contributed by atoms with Crippen molar-refractivity contribution in [2.24, 2.45) is 0 Å². The number of rotatable bonds is 5. The molecule has 1 N–H and O–H groups in total. The summed E-state index contributed by atoms with van der Waals surface area (Å²) in [6, 6.07) is 17.9. The Morgan fingerprint density at radius 1 is 0.840 bits per heavy atom. The summed E-state index contributed by atoms with van der Waals surface area (Å²) in [5.74, 6) is 1.68. The predicted octanol–water partition coefficient (Wildman–Crippen LogP) is 4.15. The van der Waals surface area contributed by atoms with Gasteiger partial charge in [0.05, 0.1) is 5.52 Å². The lowest BCUT2D eigenvalue weighted by atomic mass is 10.1. The third-order valence-corrected chi connectivity index (χ3v) is 3.48. The van der Waals surface area contributed by atoms with Gasteiger partial charge in [-0.1, -0.05) is 18.2 Å². The van der Waals surface area contributed by atoms with Crippen LogP contribution in [0.4, 0.5) is 0 Å². The molecule has 0 fully saturated rings. The van der Waals surface area contributed by atoms with Gasteiger partial charge in [-0.3, -0.25) is 4.98 Å². The lowest BCUT2D eigenvalue weighted by molar-refractivity contribution is 0.217. The first-order chi connectivity index (χ1) is 12.1. The van der Waals surface area contributed by atoms with Gasteiger partial charge in [0.15, 0.2) is 0 Å². The van der Waals surface area contributed by atoms with Crippen molar-refractivity contribution in [3.05, 3.63) is 65.9 Å². The number of pyridine rings is 1. The highest BCUT2D eigenvalue weighted by Crippen LogP contribution is 2.22. The predicted molar refractivity (Wildman–Crippen MR) is 104 cm³/mol. The molecule has 0 saturated heterocycles. The van der Waals surface area contributed by atoms with E-state index in [1.54, 1.807) is 0 Å². The summed E-state index contributed by atoms with van der Waals surface area (Å²) < 4.78 is 11.4. The molecule has 4 heteroatoms. The second-order valence-electron chi connectivity index (χ2n) is 5.77. The molecule has 3 rings (SSSR count). The molecular weight excluding hydrogens is 312 g/mol. The molecule has 0 saturated carbocycles. The van der Waals surface area contributed by atoms with Gasteiger partial charge in [-0.25, -0.2) is 0 Å². The molecule has 4 nitrogen and oxygen atoms in total. The molecule has 0 aliphatic rings. The molecule has 0 spiro atoms. The lowest BCUT2D eigenvalue weighted by Crippen LogP contribution is -2.08. The zero-order chi connectivity index (χ0) is 18.1. The van der Waals surface area contributed by atoms with E-state index >= 15 is 0 Å². The fraction of sp³-hybridized carbons (Fsp3) is 0.286. The SMILES string of the molecule is CNC.Cc1cc(C)c2ccc(OCCOc3ccccc3)cc2n1. The number of nitrogens with zero attached hydrogens (tertiary/aromatic N) is 1. The van der Waals surface area contributed by atoms with E-state index in [1.165, 1.54) is 10.9 Å². The van der Waals surface area contributed by atoms with Crippen LogP contribution in [-0.4, -0.2) is 32.3 Å². The van der Waals surface area contributed by atoms with Crippen LogP contribution in [0.1, 0.15) is 11.3 Å². The Bertz CT molecular complexity index is 789. The Morgan fingerprint density at radius 2 is 1.48 bits per heavy atom. The summed E-state index contributed by atoms with van der Waals surface area (Å²) in [5.41, 5.74) is 3.23. The minimum Gasteiger partial charge on any atom is -0.490 e. The maximum Gasteiger partial charge on any atom is 0.122 e. The third-order valence-electron chi connectivity index (χ3n) is 3.48. The second kappa shape index (κ2) is 9.64. The Balaban J connectivity index is 0.000000701. The fourth-order valence-electron chi connectivity index (χ4n) is 2.48. The van der Waals surface area contributed by atoms with Crippen molar-refractivity contribution < 1.29 is 9.47 Å². The van der Waals surface area contributed by atoms with Crippen molar-refractivity contribution >= 4 is 10.9 Å². The minimum atomic E-state index is 0.505. The van der Waals surface area contributed by atoms with Gasteiger partial charge in [0.1, 0.15) is 24.7 Å². The fourth-order valence-corrected chi connectivity index (χ4v) is 2.48. The zero-order valence-electron chi connectivity index (χ0n) is 15.4. The van der Waals surface area contributed by atoms with E-state index in [2.05, 4.69) is 29.4 Å². The van der Waals surface area contributed by atoms with Crippen LogP contribution in [-0.2, 0) is 0 Å². The van der Waals surface area contributed by atoms with Crippen molar-refractivity contribution in [3.63, 3.8) is 0 Å². The van der Waals surface area contributed by atoms with Gasteiger partial charge in [-0.2, -0.15) is 0 Å². The molecule has 0 aliphatic carbocycles. The molecule has 2 aromatic carbocycles. The van der Waals surface area contributed by atoms with E-state index in [-0.39, 0.29) is 0 Å². The van der Waals surface area contributed by atoms with E-state index in [1.807, 2.05) is 63.5 Å². The van der Waals surface area contributed by atoms with Crippen molar-refractivity contribution in [3.8, 4) is 11.5 Å². The van der Waals surface area contributed by atoms with Crippen LogP contribution in [0.15, 0.2) is 54.6 Å². The molecule has 1 aromatic heterocycles. The molecule has 0 bridgehead atoms. The van der Waals surface area contributed by atoms with Crippen LogP contribution in [0.2, 0.25) is 0 Å². The minimum absolute atomic E-state index is 0.505. The highest BCUT2D eigenvalue weighted by molar-refractivity contribution is 5.83. The average Bonchev–Trinajstić information content (AvgIpc) is 2.60. The average molecular weight is 338 g/mol. The molecule has 0 radical (unpaired) electrons. The van der Waals surface area contributed by atoms with Crippen molar-refractivity contribution in [1.29, 1.82) is 0 Å². The van der Waals surface area contributed by atoms with E-state index < -0.39 is 0 Å². The van der Waals surface area contributed by atoms with Gasteiger partial charge in [0, 0.05) is 17.1 Å². The smallest absolute Gasteiger partial charge is 0.122 e. The van der Waals surface area contributed by atoms with Gasteiger partial charge >= 0.3 is 0 Å². The number of ether oxygens (including phenoxy) is 2. The Hall–Kier alpha value is -2.59. The molecule has 1 heterocycles. The number of aromatic nitrogens is 1. The topological polar surface area (TPSA) is 43.4 Å². The largest absolute Gasteiger partial charge is 0.490 e. The summed E-state index contributed by atoms with van der Waals surface area (Å²) in [6.07, 6.45) is 0. The van der Waals surface area contributed by atoms with E-state index in [0.29, 0.717) is 13.2 Å².